The van der Waals surface area contributed by atoms with Crippen LogP contribution in [0.2, 0.25) is 0 Å². The largest absolute Gasteiger partial charge is 0.432 e. The minimum atomic E-state index is -3.12. The van der Waals surface area contributed by atoms with Crippen molar-refractivity contribution < 1.29 is 27.8 Å². The Morgan fingerprint density at radius 3 is 2.73 bits per heavy atom. The highest BCUT2D eigenvalue weighted by molar-refractivity contribution is 5.89. The van der Waals surface area contributed by atoms with Crippen LogP contribution in [0, 0.1) is 11.7 Å². The van der Waals surface area contributed by atoms with Crippen molar-refractivity contribution in [3.63, 3.8) is 0 Å². The summed E-state index contributed by atoms with van der Waals surface area (Å²) in [4.78, 5) is 13.2. The maximum Gasteiger partial charge on any atom is 0.387 e. The molecule has 1 atom stereocenters. The Bertz CT molecular complexity index is 538. The van der Waals surface area contributed by atoms with Gasteiger partial charge >= 0.3 is 12.6 Å². The van der Waals surface area contributed by atoms with Crippen molar-refractivity contribution in [2.75, 3.05) is 18.9 Å². The molecule has 5 nitrogen and oxygen atoms in total. The normalized spacial score (nSPS) is 15.5. The fourth-order valence-corrected chi connectivity index (χ4v) is 1.98. The minimum Gasteiger partial charge on any atom is -0.432 e. The van der Waals surface area contributed by atoms with E-state index < -0.39 is 30.3 Å². The van der Waals surface area contributed by atoms with Gasteiger partial charge in [-0.15, -0.1) is 0 Å². The number of anilines is 1. The van der Waals surface area contributed by atoms with Crippen molar-refractivity contribution in [3.05, 3.63) is 24.0 Å². The molecule has 1 fully saturated rings. The maximum absolute atomic E-state index is 13.5. The van der Waals surface area contributed by atoms with Crippen LogP contribution in [0.5, 0.6) is 5.75 Å². The SMILES string of the molecule is CN(CC(O)C1CC1)C(=O)Nc1ccc(OC(F)F)c(F)c1. The van der Waals surface area contributed by atoms with Crippen LogP contribution in [0.25, 0.3) is 0 Å². The topological polar surface area (TPSA) is 61.8 Å². The van der Waals surface area contributed by atoms with Crippen LogP contribution >= 0.6 is 0 Å². The Kier molecular flexibility index (Phi) is 5.12. The zero-order chi connectivity index (χ0) is 16.3. The van der Waals surface area contributed by atoms with Gasteiger partial charge in [0.15, 0.2) is 11.6 Å². The van der Waals surface area contributed by atoms with Crippen molar-refractivity contribution in [3.8, 4) is 5.75 Å². The van der Waals surface area contributed by atoms with Crippen LogP contribution in [0.3, 0.4) is 0 Å². The van der Waals surface area contributed by atoms with Crippen molar-refractivity contribution in [1.82, 2.24) is 4.90 Å². The van der Waals surface area contributed by atoms with Crippen LogP contribution in [0.1, 0.15) is 12.8 Å². The molecule has 1 aliphatic carbocycles. The Morgan fingerprint density at radius 1 is 1.50 bits per heavy atom. The van der Waals surface area contributed by atoms with Gasteiger partial charge in [0, 0.05) is 25.3 Å². The van der Waals surface area contributed by atoms with Crippen LogP contribution < -0.4 is 10.1 Å². The third kappa shape index (κ3) is 4.52. The van der Waals surface area contributed by atoms with E-state index in [-0.39, 0.29) is 18.2 Å². The number of alkyl halides is 2. The summed E-state index contributed by atoms with van der Waals surface area (Å²) in [6.07, 6.45) is 1.33. The summed E-state index contributed by atoms with van der Waals surface area (Å²) < 4.78 is 41.5. The fourth-order valence-electron chi connectivity index (χ4n) is 1.98. The number of hydrogen-bond acceptors (Lipinski definition) is 3. The highest BCUT2D eigenvalue weighted by Crippen LogP contribution is 2.32. The Morgan fingerprint density at radius 2 is 2.18 bits per heavy atom. The van der Waals surface area contributed by atoms with Gasteiger partial charge in [0.25, 0.3) is 0 Å². The average molecular weight is 318 g/mol. The standard InChI is InChI=1S/C14H17F3N2O3/c1-19(7-11(20)8-2-3-8)14(21)18-9-4-5-12(10(15)6-9)22-13(16)17/h4-6,8,11,13,20H,2-3,7H2,1H3,(H,18,21). The van der Waals surface area contributed by atoms with Crippen LogP contribution in [-0.2, 0) is 0 Å². The summed E-state index contributed by atoms with van der Waals surface area (Å²) in [5.41, 5.74) is 0.108. The van der Waals surface area contributed by atoms with E-state index in [1.54, 1.807) is 0 Å². The van der Waals surface area contributed by atoms with Crippen molar-refractivity contribution in [2.45, 2.75) is 25.6 Å². The van der Waals surface area contributed by atoms with Gasteiger partial charge in [-0.25, -0.2) is 9.18 Å². The molecule has 0 bridgehead atoms. The molecule has 1 unspecified atom stereocenters. The van der Waals surface area contributed by atoms with E-state index in [4.69, 9.17) is 0 Å². The van der Waals surface area contributed by atoms with Gasteiger partial charge in [-0.3, -0.25) is 0 Å². The average Bonchev–Trinajstić information content (AvgIpc) is 3.25. The fraction of sp³-hybridized carbons (Fsp3) is 0.500. The number of benzene rings is 1. The molecule has 122 valence electrons. The number of carbonyl (C=O) groups excluding carboxylic acids is 1. The highest BCUT2D eigenvalue weighted by atomic mass is 19.3. The van der Waals surface area contributed by atoms with Gasteiger partial charge in [-0.1, -0.05) is 0 Å². The lowest BCUT2D eigenvalue weighted by atomic mass is 10.2. The summed E-state index contributed by atoms with van der Waals surface area (Å²) in [7, 11) is 1.51. The number of carbonyl (C=O) groups is 1. The lowest BCUT2D eigenvalue weighted by molar-refractivity contribution is -0.0521. The molecule has 0 heterocycles. The second-order valence-corrected chi connectivity index (χ2v) is 5.24. The first kappa shape index (κ1) is 16.4. The molecule has 0 saturated heterocycles. The van der Waals surface area contributed by atoms with Gasteiger partial charge in [0.05, 0.1) is 6.10 Å². The summed E-state index contributed by atoms with van der Waals surface area (Å²) in [5.74, 6) is -1.36. The number of likely N-dealkylation sites (N-methyl/N-ethyl adjacent to an activating group) is 1. The molecular weight excluding hydrogens is 301 g/mol. The molecule has 2 rings (SSSR count). The van der Waals surface area contributed by atoms with E-state index in [0.29, 0.717) is 0 Å². The molecule has 1 aromatic carbocycles. The smallest absolute Gasteiger partial charge is 0.387 e. The van der Waals surface area contributed by atoms with Crippen LogP contribution in [-0.4, -0.2) is 42.3 Å². The maximum atomic E-state index is 13.5. The van der Waals surface area contributed by atoms with E-state index in [2.05, 4.69) is 10.1 Å². The van der Waals surface area contributed by atoms with E-state index in [0.717, 1.165) is 25.0 Å². The molecule has 0 aromatic heterocycles. The Balaban J connectivity index is 1.91. The predicted molar refractivity (Wildman–Crippen MR) is 73.4 cm³/mol. The molecule has 22 heavy (non-hydrogen) atoms. The number of aliphatic hydroxyl groups is 1. The molecule has 1 saturated carbocycles. The van der Waals surface area contributed by atoms with E-state index in [1.807, 2.05) is 0 Å². The van der Waals surface area contributed by atoms with Crippen molar-refractivity contribution in [2.24, 2.45) is 5.92 Å². The zero-order valence-corrected chi connectivity index (χ0v) is 11.9. The first-order valence-electron chi connectivity index (χ1n) is 6.81. The van der Waals surface area contributed by atoms with Crippen molar-refractivity contribution in [1.29, 1.82) is 0 Å². The first-order chi connectivity index (χ1) is 10.4. The molecule has 1 aromatic rings. The number of nitrogens with zero attached hydrogens (tertiary/aromatic N) is 1. The molecule has 0 aliphatic heterocycles. The lowest BCUT2D eigenvalue weighted by Gasteiger charge is -2.21. The number of aliphatic hydroxyl groups excluding tert-OH is 1. The zero-order valence-electron chi connectivity index (χ0n) is 11.9. The van der Waals surface area contributed by atoms with Crippen LogP contribution in [0.4, 0.5) is 23.7 Å². The Hall–Kier alpha value is -1.96. The van der Waals surface area contributed by atoms with Gasteiger partial charge in [-0.2, -0.15) is 8.78 Å². The number of amides is 2. The molecule has 2 N–H and O–H groups in total. The van der Waals surface area contributed by atoms with Gasteiger partial charge < -0.3 is 20.1 Å². The lowest BCUT2D eigenvalue weighted by Crippen LogP contribution is -2.38. The number of hydrogen-bond donors (Lipinski definition) is 2. The van der Waals surface area contributed by atoms with Gasteiger partial charge in [0.1, 0.15) is 0 Å². The molecule has 0 radical (unpaired) electrons. The molecule has 2 amide bonds. The number of urea groups is 1. The Labute approximate surface area is 125 Å². The van der Waals surface area contributed by atoms with Gasteiger partial charge in [-0.05, 0) is 30.9 Å². The van der Waals surface area contributed by atoms with E-state index in [9.17, 15) is 23.1 Å². The van der Waals surface area contributed by atoms with Crippen LogP contribution in [0.15, 0.2) is 18.2 Å². The molecular formula is C14H17F3N2O3. The summed E-state index contributed by atoms with van der Waals surface area (Å²) in [6, 6.07) is 2.63. The summed E-state index contributed by atoms with van der Waals surface area (Å²) in [5, 5.41) is 12.2. The number of ether oxygens (including phenoxy) is 1. The second-order valence-electron chi connectivity index (χ2n) is 5.24. The monoisotopic (exact) mass is 318 g/mol. The number of rotatable bonds is 6. The van der Waals surface area contributed by atoms with E-state index >= 15 is 0 Å². The summed E-state index contributed by atoms with van der Waals surface area (Å²) in [6.45, 7) is -2.95. The number of nitrogens with one attached hydrogen (secondary N) is 1. The number of halogens is 3. The molecule has 8 heteroatoms. The minimum absolute atomic E-state index is 0.108. The first-order valence-corrected chi connectivity index (χ1v) is 6.81. The predicted octanol–water partition coefficient (Wildman–Crippen LogP) is 2.66. The third-order valence-electron chi connectivity index (χ3n) is 3.37. The van der Waals surface area contributed by atoms with Gasteiger partial charge in [0.2, 0.25) is 0 Å². The molecule has 1 aliphatic rings. The summed E-state index contributed by atoms with van der Waals surface area (Å²) >= 11 is 0. The van der Waals surface area contributed by atoms with Crippen molar-refractivity contribution >= 4 is 11.7 Å². The highest BCUT2D eigenvalue weighted by Gasteiger charge is 2.31. The van der Waals surface area contributed by atoms with E-state index in [1.165, 1.54) is 18.0 Å². The quantitative estimate of drug-likeness (QED) is 0.848. The second kappa shape index (κ2) is 6.87. The third-order valence-corrected chi connectivity index (χ3v) is 3.37. The molecule has 0 spiro atoms.